The Labute approximate surface area is 101 Å². The van der Waals surface area contributed by atoms with E-state index in [0.29, 0.717) is 11.2 Å². The van der Waals surface area contributed by atoms with Crippen LogP contribution in [0.2, 0.25) is 0 Å². The number of carbonyl (C=O) groups is 1. The van der Waals surface area contributed by atoms with Crippen molar-refractivity contribution in [1.29, 1.82) is 0 Å². The summed E-state index contributed by atoms with van der Waals surface area (Å²) in [7, 11) is 5.22. The van der Waals surface area contributed by atoms with Gasteiger partial charge in [0.2, 0.25) is 0 Å². The second kappa shape index (κ2) is 8.34. The van der Waals surface area contributed by atoms with Crippen molar-refractivity contribution >= 4 is 27.6 Å². The van der Waals surface area contributed by atoms with Crippen molar-refractivity contribution in [3.8, 4) is 0 Å². The molecule has 0 rings (SSSR count). The molecule has 0 unspecified atom stereocenters. The minimum Gasteiger partial charge on any atom is -0.469 e. The van der Waals surface area contributed by atoms with E-state index in [1.807, 2.05) is 21.6 Å². The highest BCUT2D eigenvalue weighted by Gasteiger charge is 2.21. The largest absolute Gasteiger partial charge is 0.469 e. The molecule has 0 saturated heterocycles. The first kappa shape index (κ1) is 15.2. The topological polar surface area (TPSA) is 26.3 Å². The van der Waals surface area contributed by atoms with E-state index in [-0.39, 0.29) is 5.97 Å². The third-order valence-electron chi connectivity index (χ3n) is 2.60. The van der Waals surface area contributed by atoms with Gasteiger partial charge in [0.25, 0.3) is 0 Å². The van der Waals surface area contributed by atoms with Crippen molar-refractivity contribution in [3.05, 3.63) is 0 Å². The van der Waals surface area contributed by atoms with E-state index in [2.05, 4.69) is 24.8 Å². The molecule has 0 bridgehead atoms. The lowest BCUT2D eigenvalue weighted by Gasteiger charge is -2.26. The van der Waals surface area contributed by atoms with E-state index in [1.54, 1.807) is 0 Å². The molecule has 0 aliphatic rings. The Bertz CT molecular complexity index is 185. The van der Waals surface area contributed by atoms with E-state index >= 15 is 0 Å². The van der Waals surface area contributed by atoms with Gasteiger partial charge in [0, 0.05) is 11.2 Å². The number of hydrogen-bond donors (Lipinski definition) is 0. The summed E-state index contributed by atoms with van der Waals surface area (Å²) < 4.78 is 4.96. The molecule has 0 aromatic rings. The Kier molecular flexibility index (Phi) is 8.43. The Balaban J connectivity index is 3.67. The molecule has 0 saturated carbocycles. The van der Waals surface area contributed by atoms with Crippen molar-refractivity contribution in [2.24, 2.45) is 0 Å². The van der Waals surface area contributed by atoms with Gasteiger partial charge in [0.05, 0.1) is 7.11 Å². The van der Waals surface area contributed by atoms with E-state index in [4.69, 9.17) is 0 Å². The molecular formula is C11H22O2S2. The zero-order valence-electron chi connectivity index (χ0n) is 10.2. The number of esters is 1. The first-order valence-electron chi connectivity index (χ1n) is 5.36. The lowest BCUT2D eigenvalue weighted by Crippen LogP contribution is -2.17. The maximum Gasteiger partial charge on any atom is 0.305 e. The van der Waals surface area contributed by atoms with Gasteiger partial charge in [-0.05, 0) is 32.4 Å². The predicted molar refractivity (Wildman–Crippen MR) is 70.3 cm³/mol. The molecule has 15 heavy (non-hydrogen) atoms. The van der Waals surface area contributed by atoms with Crippen molar-refractivity contribution in [2.75, 3.05) is 13.4 Å². The lowest BCUT2D eigenvalue weighted by atomic mass is 10.00. The van der Waals surface area contributed by atoms with Crippen LogP contribution in [0, 0.1) is 0 Å². The van der Waals surface area contributed by atoms with Crippen molar-refractivity contribution in [3.63, 3.8) is 0 Å². The molecule has 0 radical (unpaired) electrons. The first-order valence-corrected chi connectivity index (χ1v) is 7.92. The average Bonchev–Trinajstić information content (AvgIpc) is 2.24. The van der Waals surface area contributed by atoms with Crippen LogP contribution in [0.1, 0.15) is 46.0 Å². The van der Waals surface area contributed by atoms with Crippen molar-refractivity contribution in [2.45, 2.75) is 50.7 Å². The van der Waals surface area contributed by atoms with Gasteiger partial charge in [0.15, 0.2) is 0 Å². The lowest BCUT2D eigenvalue weighted by molar-refractivity contribution is -0.140. The number of methoxy groups -OCH3 is 1. The van der Waals surface area contributed by atoms with Gasteiger partial charge >= 0.3 is 5.97 Å². The van der Waals surface area contributed by atoms with Gasteiger partial charge in [-0.1, -0.05) is 34.9 Å². The molecular weight excluding hydrogens is 228 g/mol. The standard InChI is InChI=1S/C11H22O2S2/c1-5-11(2,15-14-4)9-7-6-8-10(12)13-3/h5-9H2,1-4H3/t11-/m0/s1. The molecule has 0 N–H and O–H groups in total. The van der Waals surface area contributed by atoms with Gasteiger partial charge in [-0.25, -0.2) is 0 Å². The van der Waals surface area contributed by atoms with Crippen LogP contribution in [0.4, 0.5) is 0 Å². The molecule has 0 aromatic carbocycles. The summed E-state index contributed by atoms with van der Waals surface area (Å²) in [6.45, 7) is 4.52. The molecule has 0 aliphatic carbocycles. The number of rotatable bonds is 8. The summed E-state index contributed by atoms with van der Waals surface area (Å²) in [5, 5.41) is 0. The molecule has 90 valence electrons. The molecule has 1 atom stereocenters. The predicted octanol–water partition coefficient (Wildman–Crippen LogP) is 3.90. The molecule has 0 spiro atoms. The van der Waals surface area contributed by atoms with Crippen molar-refractivity contribution < 1.29 is 9.53 Å². The quantitative estimate of drug-likeness (QED) is 0.371. The summed E-state index contributed by atoms with van der Waals surface area (Å²) in [6.07, 6.45) is 7.07. The molecule has 4 heteroatoms. The van der Waals surface area contributed by atoms with Crippen LogP contribution in [0.25, 0.3) is 0 Å². The van der Waals surface area contributed by atoms with Gasteiger partial charge in [-0.2, -0.15) is 0 Å². The summed E-state index contributed by atoms with van der Waals surface area (Å²) in [6, 6.07) is 0. The third-order valence-corrected chi connectivity index (χ3v) is 5.37. The molecule has 0 aromatic heterocycles. The molecule has 2 nitrogen and oxygen atoms in total. The SMILES string of the molecule is CC[C@@](C)(CCCCC(=O)OC)SSC. The number of unbranched alkanes of at least 4 members (excludes halogenated alkanes) is 1. The van der Waals surface area contributed by atoms with E-state index in [0.717, 1.165) is 12.8 Å². The fraction of sp³-hybridized carbons (Fsp3) is 0.909. The summed E-state index contributed by atoms with van der Waals surface area (Å²) in [5.41, 5.74) is 0. The Hall–Kier alpha value is 0.170. The number of carbonyl (C=O) groups excluding carboxylic acids is 1. The van der Waals surface area contributed by atoms with E-state index in [9.17, 15) is 4.79 Å². The van der Waals surface area contributed by atoms with Crippen LogP contribution in [0.15, 0.2) is 0 Å². The molecule has 0 aliphatic heterocycles. The zero-order valence-corrected chi connectivity index (χ0v) is 11.8. The minimum atomic E-state index is -0.0919. The third kappa shape index (κ3) is 7.12. The highest BCUT2D eigenvalue weighted by atomic mass is 33.1. The fourth-order valence-electron chi connectivity index (χ4n) is 1.35. The highest BCUT2D eigenvalue weighted by molar-refractivity contribution is 8.76. The summed E-state index contributed by atoms with van der Waals surface area (Å²) >= 11 is 0. The van der Waals surface area contributed by atoms with Crippen LogP contribution in [0.3, 0.4) is 0 Å². The van der Waals surface area contributed by atoms with Crippen LogP contribution < -0.4 is 0 Å². The van der Waals surface area contributed by atoms with Crippen LogP contribution in [0.5, 0.6) is 0 Å². The Morgan fingerprint density at radius 3 is 2.53 bits per heavy atom. The summed E-state index contributed by atoms with van der Waals surface area (Å²) in [5.74, 6) is -0.0919. The van der Waals surface area contributed by atoms with E-state index < -0.39 is 0 Å². The molecule has 0 heterocycles. The molecule has 0 amide bonds. The average molecular weight is 250 g/mol. The fourth-order valence-corrected chi connectivity index (χ4v) is 3.91. The Morgan fingerprint density at radius 1 is 1.40 bits per heavy atom. The second-order valence-electron chi connectivity index (χ2n) is 3.84. The maximum absolute atomic E-state index is 10.9. The van der Waals surface area contributed by atoms with Gasteiger partial charge in [0.1, 0.15) is 0 Å². The number of ether oxygens (including phenoxy) is 1. The van der Waals surface area contributed by atoms with Crippen LogP contribution in [-0.4, -0.2) is 24.1 Å². The second-order valence-corrected chi connectivity index (χ2v) is 6.82. The smallest absolute Gasteiger partial charge is 0.305 e. The van der Waals surface area contributed by atoms with E-state index in [1.165, 1.54) is 20.0 Å². The monoisotopic (exact) mass is 250 g/mol. The van der Waals surface area contributed by atoms with Crippen LogP contribution in [-0.2, 0) is 9.53 Å². The van der Waals surface area contributed by atoms with Crippen LogP contribution >= 0.6 is 21.6 Å². The van der Waals surface area contributed by atoms with Gasteiger partial charge in [-0.3, -0.25) is 4.79 Å². The highest BCUT2D eigenvalue weighted by Crippen LogP contribution is 2.40. The Morgan fingerprint density at radius 2 is 2.07 bits per heavy atom. The summed E-state index contributed by atoms with van der Waals surface area (Å²) in [4.78, 5) is 10.9. The number of hydrogen-bond acceptors (Lipinski definition) is 4. The first-order chi connectivity index (χ1) is 7.08. The van der Waals surface area contributed by atoms with Gasteiger partial charge < -0.3 is 4.74 Å². The molecule has 0 fully saturated rings. The minimum absolute atomic E-state index is 0.0919. The van der Waals surface area contributed by atoms with Gasteiger partial charge in [-0.15, -0.1) is 0 Å². The zero-order chi connectivity index (χ0) is 11.7. The maximum atomic E-state index is 10.9. The normalized spacial score (nSPS) is 14.7. The van der Waals surface area contributed by atoms with Crippen molar-refractivity contribution in [1.82, 2.24) is 0 Å².